The first kappa shape index (κ1) is 17.2. The molecule has 2 aromatic heterocycles. The molecule has 3 aromatic rings. The summed E-state index contributed by atoms with van der Waals surface area (Å²) in [6.07, 6.45) is 2.27. The van der Waals surface area contributed by atoms with Crippen LogP contribution >= 0.6 is 11.3 Å². The molecule has 1 atom stereocenters. The van der Waals surface area contributed by atoms with Crippen LogP contribution in [0.1, 0.15) is 29.3 Å². The molecule has 138 valence electrons. The van der Waals surface area contributed by atoms with Crippen LogP contribution in [0.25, 0.3) is 0 Å². The molecule has 8 nitrogen and oxygen atoms in total. The van der Waals surface area contributed by atoms with Crippen LogP contribution in [-0.2, 0) is 7.05 Å². The molecule has 0 bridgehead atoms. The molecule has 1 aliphatic rings. The second-order valence-corrected chi connectivity index (χ2v) is 7.31. The summed E-state index contributed by atoms with van der Waals surface area (Å²) in [6, 6.07) is 7.30. The number of para-hydroxylation sites is 2. The van der Waals surface area contributed by atoms with Crippen molar-refractivity contribution < 1.29 is 5.11 Å². The Morgan fingerprint density at radius 1 is 1.30 bits per heavy atom. The van der Waals surface area contributed by atoms with Gasteiger partial charge in [0.15, 0.2) is 5.06 Å². The third kappa shape index (κ3) is 3.17. The van der Waals surface area contributed by atoms with Gasteiger partial charge in [0, 0.05) is 25.2 Å². The first-order valence-corrected chi connectivity index (χ1v) is 9.14. The predicted molar refractivity (Wildman–Crippen MR) is 104 cm³/mol. The minimum Gasteiger partial charge on any atom is -0.499 e. The third-order valence-electron chi connectivity index (χ3n) is 4.45. The number of anilines is 1. The van der Waals surface area contributed by atoms with Gasteiger partial charge in [-0.05, 0) is 30.4 Å². The highest BCUT2D eigenvalue weighted by Gasteiger charge is 2.26. The lowest BCUT2D eigenvalue weighted by Crippen LogP contribution is -2.25. The van der Waals surface area contributed by atoms with E-state index >= 15 is 0 Å². The molecule has 0 spiro atoms. The molecule has 1 unspecified atom stereocenters. The number of rotatable bonds is 2. The van der Waals surface area contributed by atoms with E-state index in [2.05, 4.69) is 20.4 Å². The molecule has 4 rings (SSSR count). The van der Waals surface area contributed by atoms with Crippen molar-refractivity contribution in [1.82, 2.24) is 14.8 Å². The van der Waals surface area contributed by atoms with Crippen molar-refractivity contribution >= 4 is 28.4 Å². The van der Waals surface area contributed by atoms with Gasteiger partial charge in [-0.2, -0.15) is 5.10 Å². The molecule has 0 saturated heterocycles. The van der Waals surface area contributed by atoms with E-state index in [0.29, 0.717) is 29.2 Å². The number of hydrogen-bond acceptors (Lipinski definition) is 7. The molecule has 0 saturated carbocycles. The Morgan fingerprint density at radius 2 is 2.07 bits per heavy atom. The number of nitrogens with zero attached hydrogens (tertiary/aromatic N) is 3. The number of nitrogens with one attached hydrogen (secondary N) is 2. The van der Waals surface area contributed by atoms with Crippen molar-refractivity contribution in [3.8, 4) is 5.06 Å². The monoisotopic (exact) mass is 383 g/mol. The fourth-order valence-electron chi connectivity index (χ4n) is 3.29. The fourth-order valence-corrected chi connectivity index (χ4v) is 3.93. The van der Waals surface area contributed by atoms with Crippen LogP contribution in [0.2, 0.25) is 0 Å². The smallest absolute Gasteiger partial charge is 0.310 e. The lowest BCUT2D eigenvalue weighted by Gasteiger charge is -2.18. The highest BCUT2D eigenvalue weighted by molar-refractivity contribution is 7.11. The van der Waals surface area contributed by atoms with Crippen LogP contribution in [0.3, 0.4) is 0 Å². The zero-order chi connectivity index (χ0) is 19.1. The summed E-state index contributed by atoms with van der Waals surface area (Å²) in [5.74, 6) is 0. The Kier molecular flexibility index (Phi) is 4.15. The van der Waals surface area contributed by atoms with E-state index in [0.717, 1.165) is 16.9 Å². The normalized spacial score (nSPS) is 16.2. The van der Waals surface area contributed by atoms with Crippen LogP contribution in [0.5, 0.6) is 5.06 Å². The number of aromatic hydroxyl groups is 1. The van der Waals surface area contributed by atoms with Gasteiger partial charge in [0.25, 0.3) is 5.56 Å². The lowest BCUT2D eigenvalue weighted by atomic mass is 9.99. The number of H-pyrrole nitrogens is 1. The van der Waals surface area contributed by atoms with Crippen LogP contribution in [-0.4, -0.2) is 25.6 Å². The summed E-state index contributed by atoms with van der Waals surface area (Å²) in [5, 5.41) is 17.8. The number of aromatic nitrogens is 3. The molecule has 0 amide bonds. The minimum atomic E-state index is -0.643. The molecule has 1 aromatic carbocycles. The maximum atomic E-state index is 12.4. The maximum Gasteiger partial charge on any atom is 0.310 e. The van der Waals surface area contributed by atoms with Crippen molar-refractivity contribution in [2.75, 3.05) is 5.32 Å². The molecule has 3 N–H and O–H groups in total. The average Bonchev–Trinajstić information content (AvgIpc) is 2.82. The zero-order valence-electron chi connectivity index (χ0n) is 14.7. The second kappa shape index (κ2) is 6.51. The quantitative estimate of drug-likeness (QED) is 0.628. The highest BCUT2D eigenvalue weighted by Crippen LogP contribution is 2.36. The summed E-state index contributed by atoms with van der Waals surface area (Å²) in [5.41, 5.74) is 3.12. The Labute approximate surface area is 157 Å². The van der Waals surface area contributed by atoms with Crippen molar-refractivity contribution in [2.24, 2.45) is 12.0 Å². The maximum absolute atomic E-state index is 12.4. The number of hydrogen-bond donors (Lipinski definition) is 3. The first-order chi connectivity index (χ1) is 12.9. The summed E-state index contributed by atoms with van der Waals surface area (Å²) < 4.78 is 1.73. The highest BCUT2D eigenvalue weighted by atomic mass is 32.1. The van der Waals surface area contributed by atoms with E-state index in [-0.39, 0.29) is 16.7 Å². The van der Waals surface area contributed by atoms with E-state index in [1.807, 2.05) is 44.4 Å². The number of fused-ring (bicyclic) bond motifs is 1. The predicted octanol–water partition coefficient (Wildman–Crippen LogP) is 2.22. The molecule has 27 heavy (non-hydrogen) atoms. The Bertz CT molecular complexity index is 1170. The molecule has 0 aliphatic carbocycles. The largest absolute Gasteiger partial charge is 0.499 e. The molecule has 9 heteroatoms. The molecule has 0 fully saturated rings. The Balaban J connectivity index is 1.91. The van der Waals surface area contributed by atoms with Crippen molar-refractivity contribution in [2.45, 2.75) is 19.4 Å². The molecule has 0 radical (unpaired) electrons. The van der Waals surface area contributed by atoms with Crippen molar-refractivity contribution in [3.63, 3.8) is 0 Å². The van der Waals surface area contributed by atoms with Gasteiger partial charge in [0.2, 0.25) is 0 Å². The van der Waals surface area contributed by atoms with E-state index in [9.17, 15) is 14.7 Å². The van der Waals surface area contributed by atoms with E-state index in [1.54, 1.807) is 4.68 Å². The second-order valence-electron chi connectivity index (χ2n) is 6.34. The van der Waals surface area contributed by atoms with Gasteiger partial charge in [-0.1, -0.05) is 12.1 Å². The Hall–Kier alpha value is -3.20. The fraction of sp³-hybridized carbons (Fsp3) is 0.222. The molecular formula is C18H17N5O3S. The third-order valence-corrected chi connectivity index (χ3v) is 5.13. The van der Waals surface area contributed by atoms with E-state index in [1.165, 1.54) is 0 Å². The number of aliphatic imine (C=N–C) groups is 1. The van der Waals surface area contributed by atoms with Gasteiger partial charge in [-0.3, -0.25) is 24.2 Å². The van der Waals surface area contributed by atoms with Gasteiger partial charge in [-0.15, -0.1) is 0 Å². The van der Waals surface area contributed by atoms with E-state index in [4.69, 9.17) is 0 Å². The molecule has 3 heterocycles. The van der Waals surface area contributed by atoms with Crippen LogP contribution in [0.4, 0.5) is 11.4 Å². The Morgan fingerprint density at radius 3 is 2.78 bits per heavy atom. The number of benzene rings is 1. The van der Waals surface area contributed by atoms with Gasteiger partial charge < -0.3 is 10.4 Å². The van der Waals surface area contributed by atoms with Crippen LogP contribution < -0.4 is 15.7 Å². The zero-order valence-corrected chi connectivity index (χ0v) is 15.5. The molecule has 1 aliphatic heterocycles. The summed E-state index contributed by atoms with van der Waals surface area (Å²) in [4.78, 5) is 30.1. The minimum absolute atomic E-state index is 0.0321. The van der Waals surface area contributed by atoms with E-state index < -0.39 is 10.4 Å². The van der Waals surface area contributed by atoms with Crippen molar-refractivity contribution in [3.05, 3.63) is 67.3 Å². The average molecular weight is 383 g/mol. The first-order valence-electron chi connectivity index (χ1n) is 8.32. The lowest BCUT2D eigenvalue weighted by molar-refractivity contribution is 0.487. The SMILES string of the molecule is Cc1nn(C)cc1C1CC(c2c(O)sc(=O)[nH]c2=O)=Nc2ccccc2N1. The van der Waals surface area contributed by atoms with Gasteiger partial charge in [0.1, 0.15) is 5.56 Å². The van der Waals surface area contributed by atoms with Crippen LogP contribution in [0.15, 0.2) is 45.0 Å². The number of aryl methyl sites for hydroxylation is 2. The van der Waals surface area contributed by atoms with Gasteiger partial charge in [0.05, 0.1) is 28.8 Å². The van der Waals surface area contributed by atoms with Crippen LogP contribution in [0, 0.1) is 6.92 Å². The van der Waals surface area contributed by atoms with Crippen molar-refractivity contribution in [1.29, 1.82) is 0 Å². The van der Waals surface area contributed by atoms with Gasteiger partial charge >= 0.3 is 4.87 Å². The topological polar surface area (TPSA) is 112 Å². The summed E-state index contributed by atoms with van der Waals surface area (Å²) >= 11 is 0.586. The van der Waals surface area contributed by atoms with Gasteiger partial charge in [-0.25, -0.2) is 0 Å². The molecular weight excluding hydrogens is 366 g/mol. The number of aromatic amines is 1. The standard InChI is InChI=1S/C18H17N5O3S/c1-9-10(8-23(2)22-9)13-7-14(15-16(24)21-18(26)27-17(15)25)20-12-6-4-3-5-11(12)19-13/h3-6,8,13,19,25H,7H2,1-2H3,(H,21,24,26). The summed E-state index contributed by atoms with van der Waals surface area (Å²) in [6.45, 7) is 1.92. The summed E-state index contributed by atoms with van der Waals surface area (Å²) in [7, 11) is 1.85.